The number of esters is 3. The van der Waals surface area contributed by atoms with Crippen molar-refractivity contribution in [2.75, 3.05) is 26.4 Å². The van der Waals surface area contributed by atoms with Gasteiger partial charge >= 0.3 is 25.7 Å². The van der Waals surface area contributed by atoms with Gasteiger partial charge in [0.25, 0.3) is 0 Å². The first-order chi connectivity index (χ1) is 33.2. The third-order valence-electron chi connectivity index (χ3n) is 10.8. The second-order valence-electron chi connectivity index (χ2n) is 17.3. The van der Waals surface area contributed by atoms with Crippen molar-refractivity contribution >= 4 is 25.7 Å². The van der Waals surface area contributed by atoms with Gasteiger partial charge in [-0.3, -0.25) is 23.4 Å². The van der Waals surface area contributed by atoms with Gasteiger partial charge in [-0.1, -0.05) is 183 Å². The Kier molecular flexibility index (Phi) is 47.6. The average Bonchev–Trinajstić information content (AvgIpc) is 3.32. The molecule has 0 rings (SSSR count). The predicted molar refractivity (Wildman–Crippen MR) is 279 cm³/mol. The number of phosphoric acid groups is 1. The van der Waals surface area contributed by atoms with Gasteiger partial charge in [-0.05, 0) is 96.3 Å². The van der Waals surface area contributed by atoms with Crippen molar-refractivity contribution in [2.24, 2.45) is 0 Å². The summed E-state index contributed by atoms with van der Waals surface area (Å²) < 4.78 is 39.2. The molecule has 0 aliphatic heterocycles. The maximum atomic E-state index is 12.8. The number of aliphatic hydroxyl groups is 1. The molecule has 0 radical (unpaired) electrons. The van der Waals surface area contributed by atoms with E-state index in [0.29, 0.717) is 19.3 Å². The maximum absolute atomic E-state index is 12.8. The minimum absolute atomic E-state index is 0.0690. The first-order valence-corrected chi connectivity index (χ1v) is 28.0. The van der Waals surface area contributed by atoms with Gasteiger partial charge in [-0.25, -0.2) is 4.57 Å². The Bertz CT molecular complexity index is 1460. The van der Waals surface area contributed by atoms with Crippen molar-refractivity contribution < 1.29 is 52.2 Å². The number of carbonyl (C=O) groups excluding carboxylic acids is 3. The standard InChI is InChI=1S/C56H95O11P/c1-4-7-10-13-16-19-22-25-26-29-32-35-38-41-44-47-56(60)67-53(49-63-54(58)45-42-39-36-33-30-27-23-20-17-14-11-8-5-2)51-65-68(61,62)64-50-52(48-57)66-55(59)46-43-40-37-34-31-28-24-21-18-15-12-9-6-3/h7,10,16,19-21,23-26,32,35,41,44,52-53,57H,4-6,8-9,11-15,17-18,22,27-31,33-34,36-40,42-43,45-51H2,1-3H3,(H,61,62)/b10-7-,19-16-,23-20-,24-21-,26-25-,35-32-,44-41-. The molecule has 12 heteroatoms. The normalized spacial score (nSPS) is 14.1. The van der Waals surface area contributed by atoms with E-state index in [1.807, 2.05) is 18.2 Å². The lowest BCUT2D eigenvalue weighted by atomic mass is 10.1. The smallest absolute Gasteiger partial charge is 0.462 e. The fraction of sp³-hybridized carbons (Fsp3) is 0.696. The Morgan fingerprint density at radius 1 is 0.441 bits per heavy atom. The quantitative estimate of drug-likeness (QED) is 0.0197. The lowest BCUT2D eigenvalue weighted by molar-refractivity contribution is -0.160. The Hall–Kier alpha value is -3.34. The van der Waals surface area contributed by atoms with Crippen molar-refractivity contribution in [1.29, 1.82) is 0 Å². The van der Waals surface area contributed by atoms with Crippen molar-refractivity contribution in [3.63, 3.8) is 0 Å². The van der Waals surface area contributed by atoms with Crippen LogP contribution in [0, 0.1) is 0 Å². The number of aliphatic hydroxyl groups excluding tert-OH is 1. The lowest BCUT2D eigenvalue weighted by Crippen LogP contribution is -2.30. The number of phosphoric ester groups is 1. The molecule has 0 fully saturated rings. The first kappa shape index (κ1) is 64.7. The van der Waals surface area contributed by atoms with Crippen molar-refractivity contribution in [3.05, 3.63) is 85.1 Å². The van der Waals surface area contributed by atoms with Crippen LogP contribution in [0.15, 0.2) is 85.1 Å². The summed E-state index contributed by atoms with van der Waals surface area (Å²) >= 11 is 0. The zero-order valence-electron chi connectivity index (χ0n) is 42.8. The summed E-state index contributed by atoms with van der Waals surface area (Å²) in [5.74, 6) is -1.64. The molecule has 0 heterocycles. The summed E-state index contributed by atoms with van der Waals surface area (Å²) in [6, 6.07) is 0. The number of carbonyl (C=O) groups is 3. The molecule has 0 saturated heterocycles. The number of hydrogen-bond donors (Lipinski definition) is 2. The molecular weight excluding hydrogens is 880 g/mol. The highest BCUT2D eigenvalue weighted by molar-refractivity contribution is 7.47. The highest BCUT2D eigenvalue weighted by Crippen LogP contribution is 2.43. The molecule has 3 atom stereocenters. The van der Waals surface area contributed by atoms with Crippen LogP contribution in [-0.2, 0) is 42.2 Å². The van der Waals surface area contributed by atoms with E-state index >= 15 is 0 Å². The van der Waals surface area contributed by atoms with Gasteiger partial charge in [0, 0.05) is 12.8 Å². The van der Waals surface area contributed by atoms with Crippen LogP contribution in [0.1, 0.15) is 213 Å². The van der Waals surface area contributed by atoms with Gasteiger partial charge in [-0.15, -0.1) is 0 Å². The van der Waals surface area contributed by atoms with Crippen LogP contribution in [0.3, 0.4) is 0 Å². The van der Waals surface area contributed by atoms with E-state index in [4.69, 9.17) is 23.3 Å². The number of unbranched alkanes of at least 4 members (excludes halogenated alkanes) is 18. The molecular formula is C56H95O11P. The monoisotopic (exact) mass is 975 g/mol. The molecule has 0 bridgehead atoms. The summed E-state index contributed by atoms with van der Waals surface area (Å²) in [7, 11) is -4.77. The molecule has 0 aromatic heterocycles. The summed E-state index contributed by atoms with van der Waals surface area (Å²) in [5.41, 5.74) is 0. The van der Waals surface area contributed by atoms with E-state index < -0.39 is 57.8 Å². The second-order valence-corrected chi connectivity index (χ2v) is 18.8. The molecule has 0 spiro atoms. The summed E-state index contributed by atoms with van der Waals surface area (Å²) in [5, 5.41) is 9.77. The summed E-state index contributed by atoms with van der Waals surface area (Å²) in [6.45, 7) is 4.35. The van der Waals surface area contributed by atoms with E-state index in [2.05, 4.69) is 81.5 Å². The van der Waals surface area contributed by atoms with Gasteiger partial charge in [0.2, 0.25) is 0 Å². The molecule has 0 saturated carbocycles. The van der Waals surface area contributed by atoms with E-state index in [1.54, 1.807) is 6.08 Å². The van der Waals surface area contributed by atoms with Gasteiger partial charge < -0.3 is 24.2 Å². The highest BCUT2D eigenvalue weighted by atomic mass is 31.2. The number of hydrogen-bond acceptors (Lipinski definition) is 10. The molecule has 0 amide bonds. The summed E-state index contributed by atoms with van der Waals surface area (Å²) in [6.07, 6.45) is 55.8. The molecule has 3 unspecified atom stereocenters. The van der Waals surface area contributed by atoms with Crippen LogP contribution in [0.5, 0.6) is 0 Å². The molecule has 0 aliphatic carbocycles. The van der Waals surface area contributed by atoms with E-state index in [1.165, 1.54) is 51.4 Å². The Labute approximate surface area is 413 Å². The fourth-order valence-electron chi connectivity index (χ4n) is 6.77. The zero-order chi connectivity index (χ0) is 49.9. The summed E-state index contributed by atoms with van der Waals surface area (Å²) in [4.78, 5) is 48.3. The largest absolute Gasteiger partial charge is 0.472 e. The van der Waals surface area contributed by atoms with Crippen molar-refractivity contribution in [3.8, 4) is 0 Å². The molecule has 390 valence electrons. The molecule has 0 aromatic rings. The van der Waals surface area contributed by atoms with Gasteiger partial charge in [0.15, 0.2) is 6.10 Å². The molecule has 2 N–H and O–H groups in total. The van der Waals surface area contributed by atoms with Crippen LogP contribution in [0.25, 0.3) is 0 Å². The van der Waals surface area contributed by atoms with Crippen molar-refractivity contribution in [1.82, 2.24) is 0 Å². The second kappa shape index (κ2) is 50.1. The topological polar surface area (TPSA) is 155 Å². The lowest BCUT2D eigenvalue weighted by Gasteiger charge is -2.21. The predicted octanol–water partition coefficient (Wildman–Crippen LogP) is 15.1. The third-order valence-corrected chi connectivity index (χ3v) is 11.8. The number of rotatable bonds is 48. The molecule has 11 nitrogen and oxygen atoms in total. The highest BCUT2D eigenvalue weighted by Gasteiger charge is 2.28. The van der Waals surface area contributed by atoms with E-state index in [0.717, 1.165) is 103 Å². The van der Waals surface area contributed by atoms with Crippen molar-refractivity contribution in [2.45, 2.75) is 226 Å². The Morgan fingerprint density at radius 3 is 1.28 bits per heavy atom. The zero-order valence-corrected chi connectivity index (χ0v) is 43.7. The van der Waals surface area contributed by atoms with Gasteiger partial charge in [-0.2, -0.15) is 0 Å². The number of allylic oxidation sites excluding steroid dienone is 13. The van der Waals surface area contributed by atoms with Crippen LogP contribution in [-0.4, -0.2) is 66.5 Å². The Balaban J connectivity index is 4.87. The molecule has 68 heavy (non-hydrogen) atoms. The molecule has 0 aliphatic rings. The van der Waals surface area contributed by atoms with Crippen LogP contribution in [0.2, 0.25) is 0 Å². The maximum Gasteiger partial charge on any atom is 0.472 e. The number of ether oxygens (including phenoxy) is 3. The SMILES string of the molecule is CC/C=C\C/C=C\C/C=C\C/C=C\C/C=C\CC(=O)OC(COC(=O)CCCCCCC/C=C\CCCCCC)COP(=O)(O)OCC(CO)OC(=O)CCCCCCC/C=C\CCCCCC. The third kappa shape index (κ3) is 47.7. The Morgan fingerprint density at radius 2 is 0.824 bits per heavy atom. The van der Waals surface area contributed by atoms with E-state index in [-0.39, 0.29) is 25.9 Å². The fourth-order valence-corrected chi connectivity index (χ4v) is 7.56. The van der Waals surface area contributed by atoms with E-state index in [9.17, 15) is 28.9 Å². The van der Waals surface area contributed by atoms with Crippen LogP contribution >= 0.6 is 7.82 Å². The van der Waals surface area contributed by atoms with Gasteiger partial charge in [0.1, 0.15) is 12.7 Å². The van der Waals surface area contributed by atoms with Gasteiger partial charge in [0.05, 0.1) is 26.2 Å². The van der Waals surface area contributed by atoms with Crippen LogP contribution < -0.4 is 0 Å². The average molecular weight is 975 g/mol. The minimum atomic E-state index is -4.77. The minimum Gasteiger partial charge on any atom is -0.462 e. The molecule has 0 aromatic carbocycles. The first-order valence-electron chi connectivity index (χ1n) is 26.5. The van der Waals surface area contributed by atoms with Crippen LogP contribution in [0.4, 0.5) is 0 Å².